The van der Waals surface area contributed by atoms with Crippen LogP contribution in [-0.4, -0.2) is 66.9 Å². The lowest BCUT2D eigenvalue weighted by Gasteiger charge is -2.27. The Morgan fingerprint density at radius 3 is 2.30 bits per heavy atom. The second-order valence-electron chi connectivity index (χ2n) is 8.63. The number of carbonyl (C=O) groups excluding carboxylic acids is 2. The highest BCUT2D eigenvalue weighted by molar-refractivity contribution is 5.80. The van der Waals surface area contributed by atoms with Crippen LogP contribution in [0.5, 0.6) is 0 Å². The first kappa shape index (κ1) is 22.8. The first-order chi connectivity index (χ1) is 15.9. The molecule has 1 aliphatic carbocycles. The largest absolute Gasteiger partial charge is 0.481 e. The highest BCUT2D eigenvalue weighted by Crippen LogP contribution is 2.44. The first-order valence-electron chi connectivity index (χ1n) is 11.0. The molecule has 174 valence electrons. The van der Waals surface area contributed by atoms with Crippen molar-refractivity contribution in [2.45, 2.75) is 31.3 Å². The molecule has 1 heterocycles. The zero-order valence-corrected chi connectivity index (χ0v) is 18.7. The van der Waals surface area contributed by atoms with Crippen molar-refractivity contribution in [1.29, 1.82) is 0 Å². The number of ether oxygens (including phenoxy) is 2. The molecule has 4 rings (SSSR count). The molecular formula is C25H28N2O6. The van der Waals surface area contributed by atoms with Gasteiger partial charge < -0.3 is 24.8 Å². The molecule has 3 atom stereocenters. The number of rotatable bonds is 7. The van der Waals surface area contributed by atoms with Crippen LogP contribution in [0.1, 0.15) is 30.4 Å². The molecular weight excluding hydrogens is 424 g/mol. The Labute approximate surface area is 192 Å². The van der Waals surface area contributed by atoms with E-state index in [2.05, 4.69) is 29.6 Å². The number of carboxylic acids is 1. The summed E-state index contributed by atoms with van der Waals surface area (Å²) in [4.78, 5) is 37.8. The monoisotopic (exact) mass is 452 g/mol. The van der Waals surface area contributed by atoms with Crippen molar-refractivity contribution in [3.8, 4) is 11.1 Å². The highest BCUT2D eigenvalue weighted by atomic mass is 16.5. The average molecular weight is 453 g/mol. The van der Waals surface area contributed by atoms with Crippen LogP contribution < -0.4 is 5.32 Å². The molecule has 2 aromatic rings. The number of hydrogen-bond acceptors (Lipinski definition) is 5. The van der Waals surface area contributed by atoms with Gasteiger partial charge in [-0.3, -0.25) is 9.59 Å². The Morgan fingerprint density at radius 1 is 1.09 bits per heavy atom. The maximum absolute atomic E-state index is 12.6. The summed E-state index contributed by atoms with van der Waals surface area (Å²) >= 11 is 0. The predicted octanol–water partition coefficient (Wildman–Crippen LogP) is 2.86. The molecule has 2 N–H and O–H groups in total. The van der Waals surface area contributed by atoms with Crippen molar-refractivity contribution in [2.75, 3.05) is 26.9 Å². The zero-order chi connectivity index (χ0) is 23.5. The lowest BCUT2D eigenvalue weighted by Crippen LogP contribution is -2.46. The predicted molar refractivity (Wildman–Crippen MR) is 121 cm³/mol. The van der Waals surface area contributed by atoms with E-state index in [1.807, 2.05) is 24.3 Å². The van der Waals surface area contributed by atoms with Crippen molar-refractivity contribution < 1.29 is 29.0 Å². The third kappa shape index (κ3) is 4.71. The van der Waals surface area contributed by atoms with Crippen molar-refractivity contribution in [1.82, 2.24) is 10.2 Å². The van der Waals surface area contributed by atoms with Gasteiger partial charge in [-0.2, -0.15) is 0 Å². The molecule has 2 unspecified atom stereocenters. The van der Waals surface area contributed by atoms with Gasteiger partial charge in [-0.15, -0.1) is 0 Å². The molecule has 0 radical (unpaired) electrons. The molecule has 0 spiro atoms. The Hall–Kier alpha value is -3.39. The van der Waals surface area contributed by atoms with Gasteiger partial charge in [-0.1, -0.05) is 48.5 Å². The number of carboxylic acid groups (broad SMARTS) is 1. The number of alkyl carbamates (subject to hydrolysis) is 1. The molecule has 0 bridgehead atoms. The molecule has 2 aromatic carbocycles. The minimum atomic E-state index is -0.984. The Morgan fingerprint density at radius 2 is 1.70 bits per heavy atom. The molecule has 1 aliphatic heterocycles. The van der Waals surface area contributed by atoms with Crippen LogP contribution in [0, 0.1) is 5.92 Å². The molecule has 2 aliphatic rings. The number of benzene rings is 2. The second kappa shape index (κ2) is 9.62. The standard InChI is InChI=1S/C25H28N2O6/c1-15(11-23(28)27(2)22-14-32-12-21(22)24(29)30)26-25(31)33-13-20-18-9-5-3-7-16(18)17-8-4-6-10-19(17)20/h3-10,15,20-22H,11-14H2,1-2H3,(H,26,31)(H,29,30)/t15-,21?,22?/m0/s1. The van der Waals surface area contributed by atoms with Gasteiger partial charge in [0.05, 0.1) is 19.3 Å². The lowest BCUT2D eigenvalue weighted by atomic mass is 9.98. The van der Waals surface area contributed by atoms with Gasteiger partial charge in [0.1, 0.15) is 12.5 Å². The number of aliphatic carboxylic acids is 1. The van der Waals surface area contributed by atoms with E-state index in [0.717, 1.165) is 22.3 Å². The van der Waals surface area contributed by atoms with Gasteiger partial charge in [0.2, 0.25) is 5.91 Å². The average Bonchev–Trinajstić information content (AvgIpc) is 3.40. The molecule has 2 amide bonds. The van der Waals surface area contributed by atoms with Crippen LogP contribution in [0.25, 0.3) is 11.1 Å². The van der Waals surface area contributed by atoms with E-state index in [9.17, 15) is 19.5 Å². The Kier molecular flexibility index (Phi) is 6.65. The number of carbonyl (C=O) groups is 3. The summed E-state index contributed by atoms with van der Waals surface area (Å²) < 4.78 is 10.8. The number of nitrogens with zero attached hydrogens (tertiary/aromatic N) is 1. The maximum Gasteiger partial charge on any atom is 0.407 e. The van der Waals surface area contributed by atoms with E-state index in [4.69, 9.17) is 9.47 Å². The van der Waals surface area contributed by atoms with Gasteiger partial charge >= 0.3 is 12.1 Å². The summed E-state index contributed by atoms with van der Waals surface area (Å²) in [5, 5.41) is 12.0. The smallest absolute Gasteiger partial charge is 0.407 e. The molecule has 1 fully saturated rings. The molecule has 33 heavy (non-hydrogen) atoms. The van der Waals surface area contributed by atoms with Gasteiger partial charge in [0, 0.05) is 25.4 Å². The summed E-state index contributed by atoms with van der Waals surface area (Å²) in [6.45, 7) is 2.19. The van der Waals surface area contributed by atoms with Gasteiger partial charge in [0.25, 0.3) is 0 Å². The molecule has 8 heteroatoms. The van der Waals surface area contributed by atoms with Crippen molar-refractivity contribution in [2.24, 2.45) is 5.92 Å². The number of hydrogen-bond donors (Lipinski definition) is 2. The normalized spacial score (nSPS) is 19.9. The third-order valence-corrected chi connectivity index (χ3v) is 6.45. The van der Waals surface area contributed by atoms with E-state index in [1.165, 1.54) is 4.90 Å². The van der Waals surface area contributed by atoms with Crippen LogP contribution in [-0.2, 0) is 19.1 Å². The van der Waals surface area contributed by atoms with E-state index < -0.39 is 30.1 Å². The summed E-state index contributed by atoms with van der Waals surface area (Å²) in [5.41, 5.74) is 4.56. The van der Waals surface area contributed by atoms with Crippen LogP contribution >= 0.6 is 0 Å². The van der Waals surface area contributed by atoms with E-state index in [1.54, 1.807) is 14.0 Å². The Bertz CT molecular complexity index is 1010. The van der Waals surface area contributed by atoms with Gasteiger partial charge in [-0.05, 0) is 29.2 Å². The fourth-order valence-corrected chi connectivity index (χ4v) is 4.64. The minimum absolute atomic E-state index is 0.0313. The zero-order valence-electron chi connectivity index (χ0n) is 18.7. The van der Waals surface area contributed by atoms with Gasteiger partial charge in [0.15, 0.2) is 0 Å². The molecule has 1 saturated heterocycles. The van der Waals surface area contributed by atoms with E-state index in [0.29, 0.717) is 0 Å². The summed E-state index contributed by atoms with van der Waals surface area (Å²) in [5.74, 6) is -2.03. The number of likely N-dealkylation sites (N-methyl/N-ethyl adjacent to an activating group) is 1. The first-order valence-corrected chi connectivity index (χ1v) is 11.0. The lowest BCUT2D eigenvalue weighted by molar-refractivity contribution is -0.144. The van der Waals surface area contributed by atoms with Crippen molar-refractivity contribution in [3.63, 3.8) is 0 Å². The maximum atomic E-state index is 12.6. The van der Waals surface area contributed by atoms with Crippen LogP contribution in [0.4, 0.5) is 4.79 Å². The summed E-state index contributed by atoms with van der Waals surface area (Å²) in [6, 6.07) is 15.2. The number of fused-ring (bicyclic) bond motifs is 3. The van der Waals surface area contributed by atoms with Gasteiger partial charge in [-0.25, -0.2) is 4.79 Å². The second-order valence-corrected chi connectivity index (χ2v) is 8.63. The third-order valence-electron chi connectivity index (χ3n) is 6.45. The van der Waals surface area contributed by atoms with E-state index >= 15 is 0 Å². The van der Waals surface area contributed by atoms with Crippen LogP contribution in [0.15, 0.2) is 48.5 Å². The van der Waals surface area contributed by atoms with Crippen LogP contribution in [0.3, 0.4) is 0 Å². The summed E-state index contributed by atoms with van der Waals surface area (Å²) in [6.07, 6.45) is -0.559. The quantitative estimate of drug-likeness (QED) is 0.669. The summed E-state index contributed by atoms with van der Waals surface area (Å²) in [7, 11) is 1.57. The van der Waals surface area contributed by atoms with Crippen molar-refractivity contribution in [3.05, 3.63) is 59.7 Å². The van der Waals surface area contributed by atoms with E-state index in [-0.39, 0.29) is 38.1 Å². The Balaban J connectivity index is 1.30. The molecule has 0 saturated carbocycles. The van der Waals surface area contributed by atoms with Crippen LogP contribution in [0.2, 0.25) is 0 Å². The molecule has 8 nitrogen and oxygen atoms in total. The highest BCUT2D eigenvalue weighted by Gasteiger charge is 2.38. The number of amides is 2. The fourth-order valence-electron chi connectivity index (χ4n) is 4.64. The van der Waals surface area contributed by atoms with Crippen molar-refractivity contribution >= 4 is 18.0 Å². The molecule has 0 aromatic heterocycles. The topological polar surface area (TPSA) is 105 Å². The minimum Gasteiger partial charge on any atom is -0.481 e. The number of nitrogens with one attached hydrogen (secondary N) is 1. The fraction of sp³-hybridized carbons (Fsp3) is 0.400. The SMILES string of the molecule is C[C@@H](CC(=O)N(C)C1COCC1C(=O)O)NC(=O)OCC1c2ccccc2-c2ccccc21.